The van der Waals surface area contributed by atoms with Gasteiger partial charge in [0.05, 0.1) is 30.2 Å². The number of anilines is 1. The van der Waals surface area contributed by atoms with Gasteiger partial charge in [0.2, 0.25) is 5.91 Å². The van der Waals surface area contributed by atoms with Crippen molar-refractivity contribution in [1.29, 1.82) is 0 Å². The van der Waals surface area contributed by atoms with Crippen LogP contribution >= 0.6 is 45.1 Å². The molecule has 82 heavy (non-hydrogen) atoms. The maximum Gasteiger partial charge on any atom is 0.490 e. The zero-order valence-electron chi connectivity index (χ0n) is 43.8. The van der Waals surface area contributed by atoms with Crippen LogP contribution in [0.3, 0.4) is 0 Å². The Kier molecular flexibility index (Phi) is 23.3. The molecule has 0 saturated carbocycles. The van der Waals surface area contributed by atoms with Crippen LogP contribution in [-0.2, 0) is 45.8 Å². The van der Waals surface area contributed by atoms with Crippen molar-refractivity contribution in [3.05, 3.63) is 113 Å². The first kappa shape index (κ1) is 65.0. The average molecular weight is 1240 g/mol. The Morgan fingerprint density at radius 3 is 2.49 bits per heavy atom. The molecule has 6 atom stereocenters. The van der Waals surface area contributed by atoms with Crippen LogP contribution in [0, 0.1) is 25.7 Å². The number of aromatic amines is 1. The molecule has 0 spiro atoms. The summed E-state index contributed by atoms with van der Waals surface area (Å²) in [7, 11) is -14.5. The number of aryl methyl sites for hydroxylation is 2. The van der Waals surface area contributed by atoms with Gasteiger partial charge in [0, 0.05) is 95.8 Å². The van der Waals surface area contributed by atoms with Crippen LogP contribution in [0.1, 0.15) is 76.7 Å². The lowest BCUT2D eigenvalue weighted by Gasteiger charge is -2.21. The molecular weight excluding hydrogens is 1190 g/mol. The molecular formula is C47H55FN9O20P3S2. The molecule has 1 fully saturated rings. The van der Waals surface area contributed by atoms with E-state index in [1.165, 1.54) is 33.7 Å². The molecule has 1 aromatic heterocycles. The lowest BCUT2D eigenvalue weighted by atomic mass is 9.88. The number of phosphoric ester groups is 1. The second-order valence-corrected chi connectivity index (χ2v) is 24.3. The number of carbonyl (C=O) groups excluding carboxylic acids is 2. The summed E-state index contributed by atoms with van der Waals surface area (Å²) in [6.45, 7) is 5.48. The highest BCUT2D eigenvalue weighted by atomic mass is 33.1. The summed E-state index contributed by atoms with van der Waals surface area (Å²) >= 11 is 0. The largest absolute Gasteiger partial charge is 0.490 e. The molecule has 35 heteroatoms. The van der Waals surface area contributed by atoms with Crippen LogP contribution in [0.2, 0.25) is 0 Å². The summed E-state index contributed by atoms with van der Waals surface area (Å²) in [5, 5.41) is 23.3. The zero-order valence-corrected chi connectivity index (χ0v) is 48.2. The second kappa shape index (κ2) is 29.4. The number of hydrogen-bond donors (Lipinski definition) is 9. The smallest absolute Gasteiger partial charge is 0.478 e. The van der Waals surface area contributed by atoms with Crippen LogP contribution in [0.25, 0.3) is 43.9 Å². The number of alkyl halides is 1. The first-order chi connectivity index (χ1) is 38.8. The number of azide groups is 1. The fourth-order valence-electron chi connectivity index (χ4n) is 8.11. The Labute approximate surface area is 472 Å². The number of H-pyrrole nitrogens is 1. The normalized spacial score (nSPS) is 17.3. The summed E-state index contributed by atoms with van der Waals surface area (Å²) in [6.07, 6.45) is -3.82. The van der Waals surface area contributed by atoms with Gasteiger partial charge in [0.1, 0.15) is 35.2 Å². The van der Waals surface area contributed by atoms with Crippen molar-refractivity contribution in [3.8, 4) is 34.3 Å². The highest BCUT2D eigenvalue weighted by molar-refractivity contribution is 8.76. The van der Waals surface area contributed by atoms with E-state index in [4.69, 9.17) is 33.9 Å². The number of ether oxygens (including phenoxy) is 3. The van der Waals surface area contributed by atoms with Crippen molar-refractivity contribution in [2.24, 2.45) is 10.1 Å². The summed E-state index contributed by atoms with van der Waals surface area (Å²) < 4.78 is 84.4. The number of carboxylic acids is 1. The maximum absolute atomic E-state index is 14.2. The quantitative estimate of drug-likeness (QED) is 0.00252. The number of aromatic carboxylic acids is 1. The van der Waals surface area contributed by atoms with E-state index in [0.29, 0.717) is 58.7 Å². The lowest BCUT2D eigenvalue weighted by Crippen LogP contribution is -2.34. The molecule has 0 radical (unpaired) electrons. The molecule has 2 amide bonds. The molecule has 6 rings (SSSR count). The summed E-state index contributed by atoms with van der Waals surface area (Å²) in [6, 6.07) is 12.1. The van der Waals surface area contributed by atoms with Gasteiger partial charge in [0.25, 0.3) is 17.9 Å². The number of nitrogens with zero attached hydrogens (tertiary/aromatic N) is 5. The van der Waals surface area contributed by atoms with Crippen LogP contribution in [0.5, 0.6) is 0 Å². The molecule has 1 aliphatic carbocycles. The molecule has 4 unspecified atom stereocenters. The first-order valence-electron chi connectivity index (χ1n) is 24.4. The van der Waals surface area contributed by atoms with E-state index < -0.39 is 90.4 Å². The van der Waals surface area contributed by atoms with E-state index in [0.717, 1.165) is 32.9 Å². The van der Waals surface area contributed by atoms with Crippen molar-refractivity contribution in [1.82, 2.24) is 20.2 Å². The van der Waals surface area contributed by atoms with Crippen molar-refractivity contribution >= 4 is 79.5 Å². The number of rotatable bonds is 28. The van der Waals surface area contributed by atoms with Crippen LogP contribution in [-0.4, -0.2) is 122 Å². The summed E-state index contributed by atoms with van der Waals surface area (Å²) in [4.78, 5) is 110. The third-order valence-corrected chi connectivity index (χ3v) is 17.4. The minimum absolute atomic E-state index is 0.0107. The van der Waals surface area contributed by atoms with Gasteiger partial charge < -0.3 is 59.3 Å². The number of hydrogen-bond acceptors (Lipinski definition) is 20. The number of nitrogens with one attached hydrogen (secondary N) is 4. The van der Waals surface area contributed by atoms with Crippen LogP contribution < -0.4 is 32.6 Å². The summed E-state index contributed by atoms with van der Waals surface area (Å²) in [5.41, 5.74) is 11.3. The highest BCUT2D eigenvalue weighted by Crippen LogP contribution is 2.66. The minimum Gasteiger partial charge on any atom is -0.478 e. The van der Waals surface area contributed by atoms with Gasteiger partial charge >= 0.3 is 35.1 Å². The summed E-state index contributed by atoms with van der Waals surface area (Å²) in [5.74, 6) is 4.37. The molecule has 1 saturated heterocycles. The molecule has 0 bridgehead atoms. The minimum atomic E-state index is -5.91. The van der Waals surface area contributed by atoms with Gasteiger partial charge in [-0.25, -0.2) is 27.7 Å². The van der Waals surface area contributed by atoms with Crippen molar-refractivity contribution in [2.45, 2.75) is 71.9 Å². The molecule has 29 nitrogen and oxygen atoms in total. The SMILES string of the molecule is CC/N=c1/cc2oc3cc(NCC)c(C)cc3c(-c3cc(C(=O)NCCSSCOCCCC(=O)NCC#Cc4cn([C@H]5CC(OC(F)N=[N+]=[N-])[C@@H](COP(=O)(O)OP(=O)(O)OP(=O)(O)O)O5)c(=O)[nH]c4=O)ccc3C(=O)O)c-2cc1C. The van der Waals surface area contributed by atoms with E-state index in [1.54, 1.807) is 6.07 Å². The van der Waals surface area contributed by atoms with E-state index in [1.807, 2.05) is 56.9 Å². The fourth-order valence-corrected chi connectivity index (χ4v) is 12.7. The van der Waals surface area contributed by atoms with Gasteiger partial charge in [-0.15, -0.1) is 0 Å². The lowest BCUT2D eigenvalue weighted by molar-refractivity contribution is -0.121. The third kappa shape index (κ3) is 18.4. The number of fused-ring (bicyclic) bond motifs is 2. The standard InChI is InChI=1S/C47H55FN9O20P3S2/c1-5-50-34-20-36-32(17-26(34)3)42(33-18-27(4)35(51-6-2)21-37(33)73-36)31-19-28(11-12-30(31)45(61)62)43(59)53-14-16-81-82-25-71-15-8-10-40(58)52-13-7-9-29-23-57(47(63)54-44(29)60)41-22-38(75-46(48)55-56-49)39(74-41)24-72-79(67,68)77-80(69,70)76-78(64,65)66/h11-12,17-21,23,38-39,41,46,50H,5-6,8,10,13-16,22,24-25H2,1-4H3,(H,52,58)(H,53,59)(H,61,62)(H,67,68)(H,69,70)(H,54,60,63)(H2,64,65,66)/b51-35-/t38?,39-,41-,46?/m1/s1. The van der Waals surface area contributed by atoms with Gasteiger partial charge in [-0.2, -0.15) is 8.62 Å². The van der Waals surface area contributed by atoms with E-state index in [2.05, 4.69) is 56.0 Å². The predicted octanol–water partition coefficient (Wildman–Crippen LogP) is 6.33. The molecule has 9 N–H and O–H groups in total. The van der Waals surface area contributed by atoms with Crippen molar-refractivity contribution < 1.29 is 88.9 Å². The van der Waals surface area contributed by atoms with E-state index in [9.17, 15) is 57.0 Å². The molecule has 442 valence electrons. The second-order valence-electron chi connectivity index (χ2n) is 17.4. The van der Waals surface area contributed by atoms with E-state index >= 15 is 0 Å². The molecule has 2 aliphatic heterocycles. The Balaban J connectivity index is 0.956. The van der Waals surface area contributed by atoms with Gasteiger partial charge in [-0.3, -0.25) is 33.5 Å². The zero-order chi connectivity index (χ0) is 59.9. The van der Waals surface area contributed by atoms with Crippen molar-refractivity contribution in [2.75, 3.05) is 56.4 Å². The Morgan fingerprint density at radius 2 is 1.78 bits per heavy atom. The average Bonchev–Trinajstić information content (AvgIpc) is 1.61. The number of aromatic nitrogens is 2. The predicted molar refractivity (Wildman–Crippen MR) is 296 cm³/mol. The number of halogens is 1. The van der Waals surface area contributed by atoms with Crippen LogP contribution in [0.4, 0.5) is 10.1 Å². The molecule has 3 aromatic rings. The van der Waals surface area contributed by atoms with Gasteiger partial charge in [0.15, 0.2) is 0 Å². The third-order valence-electron chi connectivity index (χ3n) is 11.5. The Hall–Kier alpha value is -6.19. The molecule has 3 heterocycles. The number of benzene rings is 3. The van der Waals surface area contributed by atoms with Crippen molar-refractivity contribution in [3.63, 3.8) is 0 Å². The molecule has 2 aromatic carbocycles. The monoisotopic (exact) mass is 1240 g/mol. The number of carbonyl (C=O) groups is 3. The van der Waals surface area contributed by atoms with Crippen LogP contribution in [0.15, 0.2) is 72.8 Å². The first-order valence-corrected chi connectivity index (χ1v) is 31.5. The number of carboxylic acid groups (broad SMARTS) is 1. The van der Waals surface area contributed by atoms with Gasteiger partial charge in [-0.1, -0.05) is 33.4 Å². The maximum atomic E-state index is 14.2. The fraction of sp³-hybridized carbons (Fsp3) is 0.404. The topological polar surface area (TPSA) is 424 Å². The Bertz CT molecular complexity index is 3620. The van der Waals surface area contributed by atoms with E-state index in [-0.39, 0.29) is 48.7 Å². The highest BCUT2D eigenvalue weighted by Gasteiger charge is 2.44. The number of phosphoric acid groups is 3. The number of amides is 2. The van der Waals surface area contributed by atoms with Gasteiger partial charge in [-0.05, 0) is 91.8 Å². The Morgan fingerprint density at radius 1 is 1.01 bits per heavy atom. The molecule has 3 aliphatic rings.